The Kier molecular flexibility index (Phi) is 5.62. The third-order valence-corrected chi connectivity index (χ3v) is 5.00. The van der Waals surface area contributed by atoms with Gasteiger partial charge in [-0.05, 0) is 43.3 Å². The molecule has 1 aliphatic rings. The summed E-state index contributed by atoms with van der Waals surface area (Å²) in [5, 5.41) is 3.50. The number of nitrogens with zero attached hydrogens (tertiary/aromatic N) is 1. The molecule has 1 aromatic carbocycles. The largest absolute Gasteiger partial charge is 0.313 e. The lowest BCUT2D eigenvalue weighted by atomic mass is 9.87. The van der Waals surface area contributed by atoms with Gasteiger partial charge in [-0.15, -0.1) is 0 Å². The van der Waals surface area contributed by atoms with Crippen molar-refractivity contribution in [1.82, 2.24) is 10.2 Å². The third kappa shape index (κ3) is 3.83. The van der Waals surface area contributed by atoms with Gasteiger partial charge in [-0.1, -0.05) is 51.1 Å². The molecule has 1 fully saturated rings. The summed E-state index contributed by atoms with van der Waals surface area (Å²) in [7, 11) is 2.08. The lowest BCUT2D eigenvalue weighted by molar-refractivity contribution is 0.115. The first kappa shape index (κ1) is 15.5. The van der Waals surface area contributed by atoms with Gasteiger partial charge in [0.1, 0.15) is 0 Å². The summed E-state index contributed by atoms with van der Waals surface area (Å²) in [6.45, 7) is 10.9. The maximum atomic E-state index is 3.50. The molecule has 2 heteroatoms. The predicted octanol–water partition coefficient (Wildman–Crippen LogP) is 3.56. The monoisotopic (exact) mass is 274 g/mol. The van der Waals surface area contributed by atoms with Gasteiger partial charge in [0.05, 0.1) is 0 Å². The minimum atomic E-state index is 0.450. The van der Waals surface area contributed by atoms with E-state index in [1.54, 1.807) is 0 Å². The molecule has 1 N–H and O–H groups in total. The van der Waals surface area contributed by atoms with Crippen LogP contribution in [0.25, 0.3) is 0 Å². The molecule has 4 unspecified atom stereocenters. The average Bonchev–Trinajstić information content (AvgIpc) is 2.45. The summed E-state index contributed by atoms with van der Waals surface area (Å²) < 4.78 is 0. The van der Waals surface area contributed by atoms with E-state index in [0.29, 0.717) is 12.0 Å². The number of likely N-dealkylation sites (tertiary alicyclic amines) is 1. The molecule has 1 saturated heterocycles. The predicted molar refractivity (Wildman–Crippen MR) is 86.8 cm³/mol. The van der Waals surface area contributed by atoms with Gasteiger partial charge in [0, 0.05) is 19.1 Å². The third-order valence-electron chi connectivity index (χ3n) is 5.00. The van der Waals surface area contributed by atoms with Crippen LogP contribution in [0.1, 0.15) is 38.8 Å². The molecule has 1 aromatic rings. The zero-order valence-electron chi connectivity index (χ0n) is 13.5. The van der Waals surface area contributed by atoms with Crippen molar-refractivity contribution in [3.05, 3.63) is 35.9 Å². The van der Waals surface area contributed by atoms with E-state index < -0.39 is 0 Å². The Morgan fingerprint density at radius 3 is 2.50 bits per heavy atom. The second-order valence-corrected chi connectivity index (χ2v) is 6.66. The SMILES string of the molecule is CNC(c1ccccc1)C(C)CN1CCC(C)C(C)C1. The number of piperidine rings is 1. The molecular weight excluding hydrogens is 244 g/mol. The van der Waals surface area contributed by atoms with E-state index in [0.717, 1.165) is 11.8 Å². The van der Waals surface area contributed by atoms with Gasteiger partial charge < -0.3 is 10.2 Å². The fraction of sp³-hybridized carbons (Fsp3) is 0.667. The van der Waals surface area contributed by atoms with E-state index >= 15 is 0 Å². The van der Waals surface area contributed by atoms with Crippen molar-refractivity contribution in [3.63, 3.8) is 0 Å². The first-order valence-electron chi connectivity index (χ1n) is 8.06. The molecule has 0 bridgehead atoms. The standard InChI is InChI=1S/C18H30N2/c1-14-10-11-20(12-15(14)2)13-16(3)18(19-4)17-8-6-5-7-9-17/h5-9,14-16,18-19H,10-13H2,1-4H3. The van der Waals surface area contributed by atoms with Crippen LogP contribution in [-0.2, 0) is 0 Å². The second kappa shape index (κ2) is 7.24. The summed E-state index contributed by atoms with van der Waals surface area (Å²) in [6, 6.07) is 11.3. The molecule has 2 rings (SSSR count). The molecule has 0 saturated carbocycles. The maximum absolute atomic E-state index is 3.50. The summed E-state index contributed by atoms with van der Waals surface area (Å²) in [5.41, 5.74) is 1.40. The van der Waals surface area contributed by atoms with Crippen molar-refractivity contribution in [2.75, 3.05) is 26.7 Å². The molecule has 2 nitrogen and oxygen atoms in total. The molecule has 1 aliphatic heterocycles. The van der Waals surface area contributed by atoms with Crippen LogP contribution >= 0.6 is 0 Å². The summed E-state index contributed by atoms with van der Waals surface area (Å²) in [5.74, 6) is 2.35. The van der Waals surface area contributed by atoms with Crippen LogP contribution in [0.2, 0.25) is 0 Å². The van der Waals surface area contributed by atoms with E-state index in [1.165, 1.54) is 31.6 Å². The van der Waals surface area contributed by atoms with Crippen molar-refractivity contribution < 1.29 is 0 Å². The van der Waals surface area contributed by atoms with Gasteiger partial charge in [-0.2, -0.15) is 0 Å². The lowest BCUT2D eigenvalue weighted by Crippen LogP contribution is -2.42. The summed E-state index contributed by atoms with van der Waals surface area (Å²) in [4.78, 5) is 2.66. The summed E-state index contributed by atoms with van der Waals surface area (Å²) >= 11 is 0. The van der Waals surface area contributed by atoms with Crippen LogP contribution in [-0.4, -0.2) is 31.6 Å². The Morgan fingerprint density at radius 2 is 1.90 bits per heavy atom. The van der Waals surface area contributed by atoms with Crippen LogP contribution in [0.4, 0.5) is 0 Å². The van der Waals surface area contributed by atoms with Crippen molar-refractivity contribution in [3.8, 4) is 0 Å². The van der Waals surface area contributed by atoms with Gasteiger partial charge in [0.2, 0.25) is 0 Å². The number of nitrogens with one attached hydrogen (secondary N) is 1. The van der Waals surface area contributed by atoms with Crippen LogP contribution in [0.15, 0.2) is 30.3 Å². The fourth-order valence-corrected chi connectivity index (χ4v) is 3.47. The van der Waals surface area contributed by atoms with E-state index in [2.05, 4.69) is 68.4 Å². The van der Waals surface area contributed by atoms with Crippen LogP contribution < -0.4 is 5.32 Å². The molecule has 4 atom stereocenters. The van der Waals surface area contributed by atoms with Crippen LogP contribution in [0, 0.1) is 17.8 Å². The lowest BCUT2D eigenvalue weighted by Gasteiger charge is -2.38. The van der Waals surface area contributed by atoms with E-state index in [4.69, 9.17) is 0 Å². The Balaban J connectivity index is 1.94. The molecule has 0 aliphatic carbocycles. The van der Waals surface area contributed by atoms with Crippen molar-refractivity contribution in [2.24, 2.45) is 17.8 Å². The van der Waals surface area contributed by atoms with Gasteiger partial charge in [-0.25, -0.2) is 0 Å². The van der Waals surface area contributed by atoms with Crippen molar-refractivity contribution >= 4 is 0 Å². The molecule has 1 heterocycles. The van der Waals surface area contributed by atoms with E-state index in [9.17, 15) is 0 Å². The first-order chi connectivity index (χ1) is 9.61. The Bertz CT molecular complexity index is 390. The topological polar surface area (TPSA) is 15.3 Å². The number of benzene rings is 1. The Labute approximate surface area is 124 Å². The normalized spacial score (nSPS) is 27.2. The highest BCUT2D eigenvalue weighted by Crippen LogP contribution is 2.26. The molecule has 0 amide bonds. The zero-order valence-corrected chi connectivity index (χ0v) is 13.5. The first-order valence-corrected chi connectivity index (χ1v) is 8.06. The van der Waals surface area contributed by atoms with Gasteiger partial charge in [0.15, 0.2) is 0 Å². The number of rotatable bonds is 5. The minimum Gasteiger partial charge on any atom is -0.313 e. The fourth-order valence-electron chi connectivity index (χ4n) is 3.47. The van der Waals surface area contributed by atoms with E-state index in [-0.39, 0.29) is 0 Å². The van der Waals surface area contributed by atoms with Crippen molar-refractivity contribution in [2.45, 2.75) is 33.2 Å². The average molecular weight is 274 g/mol. The smallest absolute Gasteiger partial charge is 0.0355 e. The van der Waals surface area contributed by atoms with Crippen LogP contribution in [0.3, 0.4) is 0 Å². The van der Waals surface area contributed by atoms with E-state index in [1.807, 2.05) is 0 Å². The molecule has 20 heavy (non-hydrogen) atoms. The summed E-state index contributed by atoms with van der Waals surface area (Å²) in [6.07, 6.45) is 1.35. The molecule has 0 radical (unpaired) electrons. The van der Waals surface area contributed by atoms with Crippen LogP contribution in [0.5, 0.6) is 0 Å². The van der Waals surface area contributed by atoms with Gasteiger partial charge >= 0.3 is 0 Å². The maximum Gasteiger partial charge on any atom is 0.0355 e. The number of hydrogen-bond donors (Lipinski definition) is 1. The molecular formula is C18H30N2. The Hall–Kier alpha value is -0.860. The van der Waals surface area contributed by atoms with Gasteiger partial charge in [0.25, 0.3) is 0 Å². The highest BCUT2D eigenvalue weighted by molar-refractivity contribution is 5.19. The van der Waals surface area contributed by atoms with Crippen molar-refractivity contribution in [1.29, 1.82) is 0 Å². The number of hydrogen-bond acceptors (Lipinski definition) is 2. The minimum absolute atomic E-state index is 0.450. The highest BCUT2D eigenvalue weighted by Gasteiger charge is 2.26. The Morgan fingerprint density at radius 1 is 1.20 bits per heavy atom. The second-order valence-electron chi connectivity index (χ2n) is 6.66. The molecule has 0 spiro atoms. The highest BCUT2D eigenvalue weighted by atomic mass is 15.1. The quantitative estimate of drug-likeness (QED) is 0.883. The molecule has 112 valence electrons. The van der Waals surface area contributed by atoms with Gasteiger partial charge in [-0.3, -0.25) is 0 Å². The zero-order chi connectivity index (χ0) is 14.5. The molecule has 0 aromatic heterocycles.